The van der Waals surface area contributed by atoms with Gasteiger partial charge in [0.2, 0.25) is 5.91 Å². The second-order valence-electron chi connectivity index (χ2n) is 5.70. The number of nitrogens with one attached hydrogen (secondary N) is 1. The average molecular weight is 348 g/mol. The van der Waals surface area contributed by atoms with Crippen LogP contribution in [-0.2, 0) is 11.0 Å². The molecule has 2 amide bonds. The summed E-state index contributed by atoms with van der Waals surface area (Å²) < 4.78 is 37.8. The molecule has 25 heavy (non-hydrogen) atoms. The van der Waals surface area contributed by atoms with Gasteiger partial charge in [0.1, 0.15) is 0 Å². The van der Waals surface area contributed by atoms with Gasteiger partial charge >= 0.3 is 6.18 Å². The van der Waals surface area contributed by atoms with Crippen molar-refractivity contribution in [2.24, 2.45) is 0 Å². The molecule has 2 aromatic rings. The van der Waals surface area contributed by atoms with Crippen LogP contribution < -0.4 is 10.2 Å². The van der Waals surface area contributed by atoms with Crippen molar-refractivity contribution in [1.82, 2.24) is 0 Å². The molecule has 1 fully saturated rings. The summed E-state index contributed by atoms with van der Waals surface area (Å²) in [4.78, 5) is 26.0. The Labute approximate surface area is 142 Å². The number of amides is 2. The number of para-hydroxylation sites is 1. The maximum absolute atomic E-state index is 12.6. The first-order valence-electron chi connectivity index (χ1n) is 7.74. The topological polar surface area (TPSA) is 49.4 Å². The number of carbonyl (C=O) groups excluding carboxylic acids is 2. The Hall–Kier alpha value is -2.83. The predicted octanol–water partition coefficient (Wildman–Crippen LogP) is 4.08. The van der Waals surface area contributed by atoms with Crippen molar-refractivity contribution in [3.8, 4) is 0 Å². The molecule has 7 heteroatoms. The van der Waals surface area contributed by atoms with Crippen molar-refractivity contribution in [1.29, 1.82) is 0 Å². The summed E-state index contributed by atoms with van der Waals surface area (Å²) in [5.41, 5.74) is 0.279. The lowest BCUT2D eigenvalue weighted by Crippen LogP contribution is -2.27. The molecule has 0 aliphatic carbocycles. The molecular formula is C18H15F3N2O2. The Balaban J connectivity index is 1.81. The van der Waals surface area contributed by atoms with Gasteiger partial charge in [-0.15, -0.1) is 0 Å². The molecule has 1 N–H and O–H groups in total. The van der Waals surface area contributed by atoms with E-state index >= 15 is 0 Å². The van der Waals surface area contributed by atoms with E-state index in [4.69, 9.17) is 0 Å². The van der Waals surface area contributed by atoms with Gasteiger partial charge in [0.25, 0.3) is 5.91 Å². The third-order valence-corrected chi connectivity index (χ3v) is 3.98. The van der Waals surface area contributed by atoms with Gasteiger partial charge in [-0.1, -0.05) is 12.1 Å². The first-order chi connectivity index (χ1) is 11.9. The number of hydrogen-bond donors (Lipinski definition) is 1. The average Bonchev–Trinajstić information content (AvgIpc) is 3.00. The van der Waals surface area contributed by atoms with Crippen LogP contribution in [0.25, 0.3) is 0 Å². The molecule has 130 valence electrons. The van der Waals surface area contributed by atoms with Gasteiger partial charge < -0.3 is 10.2 Å². The largest absolute Gasteiger partial charge is 0.416 e. The lowest BCUT2D eigenvalue weighted by Gasteiger charge is -2.19. The first-order valence-corrected chi connectivity index (χ1v) is 7.74. The van der Waals surface area contributed by atoms with Gasteiger partial charge in [0, 0.05) is 18.7 Å². The summed E-state index contributed by atoms with van der Waals surface area (Å²) in [5.74, 6) is -0.523. The van der Waals surface area contributed by atoms with E-state index in [9.17, 15) is 22.8 Å². The second kappa shape index (κ2) is 6.58. The first kappa shape index (κ1) is 17.0. The van der Waals surface area contributed by atoms with Crippen LogP contribution in [0.2, 0.25) is 0 Å². The summed E-state index contributed by atoms with van der Waals surface area (Å²) in [5, 5.41) is 2.57. The van der Waals surface area contributed by atoms with E-state index in [1.165, 1.54) is 12.1 Å². The highest BCUT2D eigenvalue weighted by molar-refractivity contribution is 6.11. The molecule has 0 unspecified atom stereocenters. The van der Waals surface area contributed by atoms with Gasteiger partial charge in [-0.05, 0) is 42.8 Å². The summed E-state index contributed by atoms with van der Waals surface area (Å²) in [6, 6.07) is 10.9. The normalized spacial score (nSPS) is 14.7. The van der Waals surface area contributed by atoms with E-state index < -0.39 is 17.6 Å². The van der Waals surface area contributed by atoms with Crippen LogP contribution in [0.3, 0.4) is 0 Å². The number of halogens is 3. The molecule has 2 aromatic carbocycles. The van der Waals surface area contributed by atoms with Crippen LogP contribution in [-0.4, -0.2) is 18.4 Å². The minimum absolute atomic E-state index is 0.0465. The minimum Gasteiger partial charge on any atom is -0.322 e. The molecular weight excluding hydrogens is 333 g/mol. The maximum atomic E-state index is 12.6. The number of benzene rings is 2. The fraction of sp³-hybridized carbons (Fsp3) is 0.222. The summed E-state index contributed by atoms with van der Waals surface area (Å²) in [6.45, 7) is 0.545. The van der Waals surface area contributed by atoms with Gasteiger partial charge in [-0.25, -0.2) is 0 Å². The Morgan fingerprint density at radius 2 is 1.72 bits per heavy atom. The zero-order chi connectivity index (χ0) is 18.0. The Morgan fingerprint density at radius 3 is 2.32 bits per heavy atom. The third kappa shape index (κ3) is 3.65. The summed E-state index contributed by atoms with van der Waals surface area (Å²) >= 11 is 0. The van der Waals surface area contributed by atoms with E-state index in [1.807, 2.05) is 0 Å². The van der Waals surface area contributed by atoms with Crippen LogP contribution in [0.1, 0.15) is 28.8 Å². The highest BCUT2D eigenvalue weighted by Crippen LogP contribution is 2.30. The second-order valence-corrected chi connectivity index (χ2v) is 5.70. The van der Waals surface area contributed by atoms with Gasteiger partial charge in [-0.2, -0.15) is 13.2 Å². The Bertz CT molecular complexity index is 801. The molecule has 1 aliphatic heterocycles. The number of nitrogens with zero attached hydrogens (tertiary/aromatic N) is 1. The van der Waals surface area contributed by atoms with Crippen molar-refractivity contribution >= 4 is 23.2 Å². The van der Waals surface area contributed by atoms with Crippen LogP contribution in [0.5, 0.6) is 0 Å². The van der Waals surface area contributed by atoms with E-state index in [1.54, 1.807) is 29.2 Å². The van der Waals surface area contributed by atoms with Crippen molar-refractivity contribution < 1.29 is 22.8 Å². The Kier molecular flexibility index (Phi) is 4.48. The zero-order valence-electron chi connectivity index (χ0n) is 13.1. The standard InChI is InChI=1S/C18H15F3N2O2/c19-18(20,21)12-7-9-13(10-8-12)22-17(25)14-4-1-2-5-15(14)23-11-3-6-16(23)24/h1-2,4-5,7-10H,3,6,11H2,(H,22,25). The van der Waals surface area contributed by atoms with Gasteiger partial charge in [-0.3, -0.25) is 9.59 Å². The number of anilines is 2. The number of rotatable bonds is 3. The van der Waals surface area contributed by atoms with Crippen LogP contribution in [0.4, 0.5) is 24.5 Å². The monoisotopic (exact) mass is 348 g/mol. The molecule has 3 rings (SSSR count). The SMILES string of the molecule is O=C(Nc1ccc(C(F)(F)F)cc1)c1ccccc1N1CCCC1=O. The fourth-order valence-electron chi connectivity index (χ4n) is 2.74. The molecule has 4 nitrogen and oxygen atoms in total. The van der Waals surface area contributed by atoms with Gasteiger partial charge in [0.15, 0.2) is 0 Å². The van der Waals surface area contributed by atoms with Crippen molar-refractivity contribution in [2.45, 2.75) is 19.0 Å². The molecule has 0 spiro atoms. The molecule has 1 heterocycles. The number of hydrogen-bond acceptors (Lipinski definition) is 2. The van der Waals surface area contributed by atoms with Gasteiger partial charge in [0.05, 0.1) is 16.8 Å². The molecule has 0 radical (unpaired) electrons. The molecule has 1 aliphatic rings. The van der Waals surface area contributed by atoms with Crippen LogP contribution >= 0.6 is 0 Å². The highest BCUT2D eigenvalue weighted by atomic mass is 19.4. The molecule has 0 bridgehead atoms. The third-order valence-electron chi connectivity index (χ3n) is 3.98. The predicted molar refractivity (Wildman–Crippen MR) is 87.4 cm³/mol. The van der Waals surface area contributed by atoms with E-state index in [0.29, 0.717) is 24.2 Å². The number of carbonyl (C=O) groups is 2. The number of alkyl halides is 3. The lowest BCUT2D eigenvalue weighted by molar-refractivity contribution is -0.137. The maximum Gasteiger partial charge on any atom is 0.416 e. The van der Waals surface area contributed by atoms with Crippen molar-refractivity contribution in [3.05, 3.63) is 59.7 Å². The lowest BCUT2D eigenvalue weighted by atomic mass is 10.1. The molecule has 1 saturated heterocycles. The van der Waals surface area contributed by atoms with Crippen LogP contribution in [0.15, 0.2) is 48.5 Å². The van der Waals surface area contributed by atoms with E-state index in [0.717, 1.165) is 18.6 Å². The van der Waals surface area contributed by atoms with Crippen molar-refractivity contribution in [2.75, 3.05) is 16.8 Å². The summed E-state index contributed by atoms with van der Waals surface area (Å²) in [6.07, 6.45) is -3.26. The van der Waals surface area contributed by atoms with Crippen molar-refractivity contribution in [3.63, 3.8) is 0 Å². The van der Waals surface area contributed by atoms with Crippen LogP contribution in [0, 0.1) is 0 Å². The highest BCUT2D eigenvalue weighted by Gasteiger charge is 2.30. The zero-order valence-corrected chi connectivity index (χ0v) is 13.1. The Morgan fingerprint density at radius 1 is 1.04 bits per heavy atom. The molecule has 0 atom stereocenters. The fourth-order valence-corrected chi connectivity index (χ4v) is 2.74. The van der Waals surface area contributed by atoms with E-state index in [2.05, 4.69) is 5.32 Å². The quantitative estimate of drug-likeness (QED) is 0.908. The molecule has 0 saturated carbocycles. The molecule has 0 aromatic heterocycles. The van der Waals surface area contributed by atoms with E-state index in [-0.39, 0.29) is 11.6 Å². The minimum atomic E-state index is -4.43. The summed E-state index contributed by atoms with van der Waals surface area (Å²) in [7, 11) is 0. The smallest absolute Gasteiger partial charge is 0.322 e.